The van der Waals surface area contributed by atoms with E-state index in [1.54, 1.807) is 0 Å². The molecule has 82 valence electrons. The molecule has 1 aromatic rings. The van der Waals surface area contributed by atoms with Gasteiger partial charge in [-0.1, -0.05) is 0 Å². The van der Waals surface area contributed by atoms with Crippen LogP contribution in [0.5, 0.6) is 0 Å². The molecule has 3 heterocycles. The van der Waals surface area contributed by atoms with Gasteiger partial charge in [-0.2, -0.15) is 0 Å². The lowest BCUT2D eigenvalue weighted by Crippen LogP contribution is -2.32. The predicted octanol–water partition coefficient (Wildman–Crippen LogP) is -0.152. The lowest BCUT2D eigenvalue weighted by molar-refractivity contribution is 0.414. The molecule has 0 aromatic carbocycles. The lowest BCUT2D eigenvalue weighted by atomic mass is 9.97. The van der Waals surface area contributed by atoms with Gasteiger partial charge in [-0.05, 0) is 25.9 Å². The van der Waals surface area contributed by atoms with Gasteiger partial charge in [0.2, 0.25) is 0 Å². The van der Waals surface area contributed by atoms with E-state index in [0.29, 0.717) is 5.92 Å². The Morgan fingerprint density at radius 3 is 2.80 bits per heavy atom. The first kappa shape index (κ1) is 9.30. The third kappa shape index (κ3) is 1.66. The van der Waals surface area contributed by atoms with Gasteiger partial charge in [-0.3, -0.25) is 0 Å². The van der Waals surface area contributed by atoms with E-state index in [-0.39, 0.29) is 0 Å². The van der Waals surface area contributed by atoms with Crippen LogP contribution in [0.1, 0.15) is 30.4 Å². The van der Waals surface area contributed by atoms with Crippen molar-refractivity contribution in [3.63, 3.8) is 0 Å². The average Bonchev–Trinajstić information content (AvgIpc) is 2.74. The Labute approximate surface area is 89.3 Å². The summed E-state index contributed by atoms with van der Waals surface area (Å²) in [6.45, 7) is 5.18. The van der Waals surface area contributed by atoms with Crippen LogP contribution >= 0.6 is 0 Å². The first-order valence-electron chi connectivity index (χ1n) is 5.78. The Morgan fingerprint density at radius 2 is 1.93 bits per heavy atom. The molecule has 0 saturated carbocycles. The van der Waals surface area contributed by atoms with Crippen LogP contribution in [0, 0.1) is 0 Å². The van der Waals surface area contributed by atoms with Crippen LogP contribution in [-0.4, -0.2) is 34.4 Å². The molecule has 0 radical (unpaired) electrons. The van der Waals surface area contributed by atoms with E-state index in [1.165, 1.54) is 18.7 Å². The number of aromatic nitrogens is 3. The summed E-state index contributed by atoms with van der Waals surface area (Å²) < 4.78 is 2.31. The third-order valence-electron chi connectivity index (χ3n) is 3.36. The molecule has 1 aromatic heterocycles. The number of piperidine rings is 1. The summed E-state index contributed by atoms with van der Waals surface area (Å²) >= 11 is 0. The van der Waals surface area contributed by atoms with Gasteiger partial charge in [0.25, 0.3) is 0 Å². The number of nitrogens with one attached hydrogen (secondary N) is 2. The van der Waals surface area contributed by atoms with Gasteiger partial charge in [-0.15, -0.1) is 10.2 Å². The van der Waals surface area contributed by atoms with E-state index in [1.807, 2.05) is 0 Å². The maximum atomic E-state index is 4.37. The number of fused-ring (bicyclic) bond motifs is 1. The van der Waals surface area contributed by atoms with Gasteiger partial charge < -0.3 is 15.2 Å². The van der Waals surface area contributed by atoms with Gasteiger partial charge in [0.05, 0.1) is 6.54 Å². The van der Waals surface area contributed by atoms with E-state index >= 15 is 0 Å². The molecule has 5 heteroatoms. The lowest BCUT2D eigenvalue weighted by Gasteiger charge is -2.24. The zero-order valence-electron chi connectivity index (χ0n) is 8.87. The van der Waals surface area contributed by atoms with E-state index in [4.69, 9.17) is 0 Å². The van der Waals surface area contributed by atoms with Gasteiger partial charge in [0.15, 0.2) is 0 Å². The Kier molecular flexibility index (Phi) is 2.42. The van der Waals surface area contributed by atoms with Crippen LogP contribution in [0.4, 0.5) is 0 Å². The zero-order chi connectivity index (χ0) is 10.1. The number of hydrogen-bond donors (Lipinski definition) is 2. The van der Waals surface area contributed by atoms with Crippen molar-refractivity contribution in [2.75, 3.05) is 19.6 Å². The van der Waals surface area contributed by atoms with Crippen molar-refractivity contribution < 1.29 is 0 Å². The average molecular weight is 207 g/mol. The summed E-state index contributed by atoms with van der Waals surface area (Å²) in [6, 6.07) is 0. The summed E-state index contributed by atoms with van der Waals surface area (Å²) in [5, 5.41) is 15.3. The second-order valence-electron chi connectivity index (χ2n) is 4.33. The maximum Gasteiger partial charge on any atom is 0.147 e. The molecule has 0 atom stereocenters. The van der Waals surface area contributed by atoms with Gasteiger partial charge in [-0.25, -0.2) is 0 Å². The molecule has 2 aliphatic heterocycles. The standard InChI is InChI=1S/C10H17N5/c1-3-11-4-2-8(1)10-14-13-9-7-12-5-6-15(9)10/h8,11-12H,1-7H2. The normalized spacial score (nSPS) is 22.7. The smallest absolute Gasteiger partial charge is 0.147 e. The number of hydrogen-bond acceptors (Lipinski definition) is 4. The van der Waals surface area contributed by atoms with Crippen LogP contribution < -0.4 is 10.6 Å². The van der Waals surface area contributed by atoms with Gasteiger partial charge >= 0.3 is 0 Å². The fourth-order valence-electron chi connectivity index (χ4n) is 2.50. The van der Waals surface area contributed by atoms with Crippen LogP contribution in [0.15, 0.2) is 0 Å². The minimum absolute atomic E-state index is 0.616. The minimum atomic E-state index is 0.616. The highest BCUT2D eigenvalue weighted by atomic mass is 15.3. The molecule has 0 amide bonds. The van der Waals surface area contributed by atoms with Crippen molar-refractivity contribution in [1.82, 2.24) is 25.4 Å². The highest BCUT2D eigenvalue weighted by Crippen LogP contribution is 2.24. The molecule has 3 rings (SSSR count). The SMILES string of the molecule is C1CC(c2nnc3n2CCNC3)CCN1. The van der Waals surface area contributed by atoms with Crippen LogP contribution in [-0.2, 0) is 13.1 Å². The highest BCUT2D eigenvalue weighted by Gasteiger charge is 2.23. The van der Waals surface area contributed by atoms with Crippen molar-refractivity contribution in [2.24, 2.45) is 0 Å². The summed E-state index contributed by atoms with van der Waals surface area (Å²) in [4.78, 5) is 0. The Balaban J connectivity index is 1.87. The van der Waals surface area contributed by atoms with Crippen molar-refractivity contribution in [3.05, 3.63) is 11.6 Å². The first-order chi connectivity index (χ1) is 7.45. The predicted molar refractivity (Wildman–Crippen MR) is 56.6 cm³/mol. The molecule has 15 heavy (non-hydrogen) atoms. The molecule has 1 fully saturated rings. The molecule has 2 N–H and O–H groups in total. The van der Waals surface area contributed by atoms with E-state index < -0.39 is 0 Å². The highest BCUT2D eigenvalue weighted by molar-refractivity contribution is 5.05. The topological polar surface area (TPSA) is 54.8 Å². The van der Waals surface area contributed by atoms with Crippen LogP contribution in [0.3, 0.4) is 0 Å². The molecule has 5 nitrogen and oxygen atoms in total. The minimum Gasteiger partial charge on any atom is -0.317 e. The largest absolute Gasteiger partial charge is 0.317 e. The van der Waals surface area contributed by atoms with Gasteiger partial charge in [0.1, 0.15) is 11.6 Å². The third-order valence-corrected chi connectivity index (χ3v) is 3.36. The van der Waals surface area contributed by atoms with Crippen molar-refractivity contribution in [3.8, 4) is 0 Å². The van der Waals surface area contributed by atoms with Crippen molar-refractivity contribution >= 4 is 0 Å². The summed E-state index contributed by atoms with van der Waals surface area (Å²) in [6.07, 6.45) is 2.40. The quantitative estimate of drug-likeness (QED) is 0.672. The molecular formula is C10H17N5. The van der Waals surface area contributed by atoms with E-state index in [2.05, 4.69) is 25.4 Å². The van der Waals surface area contributed by atoms with E-state index in [9.17, 15) is 0 Å². The van der Waals surface area contributed by atoms with Gasteiger partial charge in [0, 0.05) is 19.0 Å². The van der Waals surface area contributed by atoms with E-state index in [0.717, 1.165) is 38.5 Å². The molecule has 0 bridgehead atoms. The number of nitrogens with zero attached hydrogens (tertiary/aromatic N) is 3. The fourth-order valence-corrected chi connectivity index (χ4v) is 2.50. The molecule has 0 unspecified atom stereocenters. The molecule has 0 aliphatic carbocycles. The Morgan fingerprint density at radius 1 is 1.07 bits per heavy atom. The second-order valence-corrected chi connectivity index (χ2v) is 4.33. The maximum absolute atomic E-state index is 4.37. The molecule has 1 saturated heterocycles. The molecule has 0 spiro atoms. The monoisotopic (exact) mass is 207 g/mol. The molecule has 2 aliphatic rings. The second kappa shape index (κ2) is 3.90. The van der Waals surface area contributed by atoms with Crippen LogP contribution in [0.2, 0.25) is 0 Å². The summed E-state index contributed by atoms with van der Waals surface area (Å²) in [5.41, 5.74) is 0. The fraction of sp³-hybridized carbons (Fsp3) is 0.800. The zero-order valence-corrected chi connectivity index (χ0v) is 8.87. The number of rotatable bonds is 1. The summed E-state index contributed by atoms with van der Waals surface area (Å²) in [7, 11) is 0. The van der Waals surface area contributed by atoms with Crippen molar-refractivity contribution in [2.45, 2.75) is 31.8 Å². The Hall–Kier alpha value is -0.940. The molecular weight excluding hydrogens is 190 g/mol. The first-order valence-corrected chi connectivity index (χ1v) is 5.78. The summed E-state index contributed by atoms with van der Waals surface area (Å²) in [5.74, 6) is 2.94. The Bertz CT molecular complexity index is 340. The van der Waals surface area contributed by atoms with Crippen LogP contribution in [0.25, 0.3) is 0 Å². The van der Waals surface area contributed by atoms with Crippen molar-refractivity contribution in [1.29, 1.82) is 0 Å².